The number of pyridine rings is 2. The number of hydrogen-bond acceptors (Lipinski definition) is 5. The van der Waals surface area contributed by atoms with Crippen molar-refractivity contribution in [2.45, 2.75) is 6.54 Å². The molecule has 1 N–H and O–H groups in total. The van der Waals surface area contributed by atoms with E-state index in [1.165, 1.54) is 16.7 Å². The van der Waals surface area contributed by atoms with E-state index in [2.05, 4.69) is 15.3 Å². The summed E-state index contributed by atoms with van der Waals surface area (Å²) in [4.78, 5) is 43.8. The van der Waals surface area contributed by atoms with E-state index >= 15 is 0 Å². The number of amides is 1. The zero-order valence-electron chi connectivity index (χ0n) is 14.1. The molecule has 0 atom stereocenters. The number of carbonyl (C=O) groups is 2. The quantitative estimate of drug-likeness (QED) is 0.563. The average Bonchev–Trinajstić information content (AvgIpc) is 2.71. The molecular formula is C20H14N4O3. The Hall–Kier alpha value is -3.87. The summed E-state index contributed by atoms with van der Waals surface area (Å²) >= 11 is 0. The Morgan fingerprint density at radius 3 is 2.89 bits per heavy atom. The van der Waals surface area contributed by atoms with E-state index in [0.717, 1.165) is 22.8 Å². The summed E-state index contributed by atoms with van der Waals surface area (Å²) in [5.41, 5.74) is 2.26. The molecule has 27 heavy (non-hydrogen) atoms. The Kier molecular flexibility index (Phi) is 4.18. The highest BCUT2D eigenvalue weighted by atomic mass is 16.2. The molecule has 4 rings (SSSR count). The lowest BCUT2D eigenvalue weighted by atomic mass is 10.1. The SMILES string of the molecule is O=Cc1cnc2ccc(CNC(=O)c3cc(=O)n4ccccc4n3)cc2c1. The summed E-state index contributed by atoms with van der Waals surface area (Å²) < 4.78 is 1.37. The maximum Gasteiger partial charge on any atom is 0.270 e. The normalized spacial score (nSPS) is 10.8. The Morgan fingerprint density at radius 1 is 1.15 bits per heavy atom. The van der Waals surface area contributed by atoms with Gasteiger partial charge >= 0.3 is 0 Å². The van der Waals surface area contributed by atoms with Crippen LogP contribution in [0.4, 0.5) is 0 Å². The molecule has 0 aliphatic rings. The molecule has 0 bridgehead atoms. The van der Waals surface area contributed by atoms with Gasteiger partial charge < -0.3 is 5.32 Å². The number of benzene rings is 1. The van der Waals surface area contributed by atoms with Gasteiger partial charge in [0.2, 0.25) is 0 Å². The average molecular weight is 358 g/mol. The van der Waals surface area contributed by atoms with E-state index in [4.69, 9.17) is 0 Å². The van der Waals surface area contributed by atoms with Gasteiger partial charge in [-0.25, -0.2) is 4.98 Å². The van der Waals surface area contributed by atoms with E-state index in [9.17, 15) is 14.4 Å². The standard InChI is InChI=1S/C20H14N4O3/c25-12-14-8-15-7-13(4-5-16(15)21-11-14)10-22-20(27)17-9-19(26)24-6-2-1-3-18(24)23-17/h1-9,11-12H,10H2,(H,22,27). The van der Waals surface area contributed by atoms with E-state index in [1.807, 2.05) is 18.2 Å². The molecule has 4 aromatic rings. The van der Waals surface area contributed by atoms with Gasteiger partial charge in [-0.15, -0.1) is 0 Å². The van der Waals surface area contributed by atoms with E-state index < -0.39 is 5.91 Å². The van der Waals surface area contributed by atoms with Crippen molar-refractivity contribution >= 4 is 28.7 Å². The molecule has 3 heterocycles. The number of carbonyl (C=O) groups excluding carboxylic acids is 2. The maximum absolute atomic E-state index is 12.4. The van der Waals surface area contributed by atoms with Crippen molar-refractivity contribution in [2.75, 3.05) is 0 Å². The molecule has 0 aliphatic carbocycles. The second kappa shape index (κ2) is 6.80. The third-order valence-corrected chi connectivity index (χ3v) is 4.16. The fraction of sp³-hybridized carbons (Fsp3) is 0.0500. The van der Waals surface area contributed by atoms with Crippen LogP contribution in [0, 0.1) is 0 Å². The van der Waals surface area contributed by atoms with Gasteiger partial charge in [0, 0.05) is 36.0 Å². The van der Waals surface area contributed by atoms with Crippen molar-refractivity contribution < 1.29 is 9.59 Å². The molecule has 0 radical (unpaired) electrons. The van der Waals surface area contributed by atoms with E-state index in [-0.39, 0.29) is 17.8 Å². The lowest BCUT2D eigenvalue weighted by Gasteiger charge is -2.07. The number of hydrogen-bond donors (Lipinski definition) is 1. The van der Waals surface area contributed by atoms with Crippen LogP contribution < -0.4 is 10.9 Å². The van der Waals surface area contributed by atoms with E-state index in [0.29, 0.717) is 11.2 Å². The van der Waals surface area contributed by atoms with Crippen molar-refractivity contribution in [3.8, 4) is 0 Å². The monoisotopic (exact) mass is 358 g/mol. The summed E-state index contributed by atoms with van der Waals surface area (Å²) in [5, 5.41) is 3.57. The highest BCUT2D eigenvalue weighted by Crippen LogP contribution is 2.15. The minimum absolute atomic E-state index is 0.0666. The predicted octanol–water partition coefficient (Wildman–Crippen LogP) is 1.99. The van der Waals surface area contributed by atoms with Gasteiger partial charge in [0.25, 0.3) is 11.5 Å². The predicted molar refractivity (Wildman–Crippen MR) is 99.8 cm³/mol. The first kappa shape index (κ1) is 16.6. The summed E-state index contributed by atoms with van der Waals surface area (Å²) in [5.74, 6) is -0.432. The van der Waals surface area contributed by atoms with Crippen LogP contribution >= 0.6 is 0 Å². The number of rotatable bonds is 4. The second-order valence-corrected chi connectivity index (χ2v) is 6.00. The van der Waals surface area contributed by atoms with Crippen molar-refractivity contribution in [2.24, 2.45) is 0 Å². The maximum atomic E-state index is 12.4. The highest BCUT2D eigenvalue weighted by molar-refractivity contribution is 5.92. The van der Waals surface area contributed by atoms with Crippen molar-refractivity contribution in [1.82, 2.24) is 19.7 Å². The fourth-order valence-electron chi connectivity index (χ4n) is 2.82. The summed E-state index contributed by atoms with van der Waals surface area (Å²) in [6.07, 6.45) is 3.86. The number of nitrogens with zero attached hydrogens (tertiary/aromatic N) is 3. The van der Waals surface area contributed by atoms with Crippen LogP contribution in [0.3, 0.4) is 0 Å². The number of nitrogens with one attached hydrogen (secondary N) is 1. The number of fused-ring (bicyclic) bond motifs is 2. The number of aldehydes is 1. The topological polar surface area (TPSA) is 93.4 Å². The van der Waals surface area contributed by atoms with Gasteiger partial charge in [-0.1, -0.05) is 12.1 Å². The first-order valence-corrected chi connectivity index (χ1v) is 8.24. The lowest BCUT2D eigenvalue weighted by molar-refractivity contribution is 0.0945. The van der Waals surface area contributed by atoms with Crippen LogP contribution in [0.15, 0.2) is 65.7 Å². The highest BCUT2D eigenvalue weighted by Gasteiger charge is 2.10. The Labute approximate surface area is 153 Å². The van der Waals surface area contributed by atoms with Crippen molar-refractivity contribution in [3.05, 3.63) is 88.1 Å². The summed E-state index contributed by atoms with van der Waals surface area (Å²) in [6.45, 7) is 0.260. The van der Waals surface area contributed by atoms with Crippen LogP contribution in [0.5, 0.6) is 0 Å². The smallest absolute Gasteiger partial charge is 0.270 e. The fourth-order valence-corrected chi connectivity index (χ4v) is 2.82. The molecule has 1 amide bonds. The first-order valence-electron chi connectivity index (χ1n) is 8.24. The van der Waals surface area contributed by atoms with Crippen LogP contribution in [-0.2, 0) is 6.54 Å². The van der Waals surface area contributed by atoms with Crippen LogP contribution in [-0.4, -0.2) is 26.6 Å². The van der Waals surface area contributed by atoms with Gasteiger partial charge in [0.1, 0.15) is 11.3 Å². The molecule has 0 aliphatic heterocycles. The molecule has 0 saturated heterocycles. The minimum atomic E-state index is -0.432. The van der Waals surface area contributed by atoms with Crippen molar-refractivity contribution in [1.29, 1.82) is 0 Å². The largest absolute Gasteiger partial charge is 0.347 e. The molecule has 3 aromatic heterocycles. The molecule has 132 valence electrons. The molecule has 0 unspecified atom stereocenters. The molecule has 0 fully saturated rings. The third kappa shape index (κ3) is 3.30. The van der Waals surface area contributed by atoms with E-state index in [1.54, 1.807) is 30.5 Å². The van der Waals surface area contributed by atoms with Gasteiger partial charge in [0.05, 0.1) is 5.52 Å². The Bertz CT molecular complexity index is 1250. The van der Waals surface area contributed by atoms with Crippen LogP contribution in [0.2, 0.25) is 0 Å². The molecule has 1 aromatic carbocycles. The van der Waals surface area contributed by atoms with Gasteiger partial charge in [-0.3, -0.25) is 23.8 Å². The molecule has 0 saturated carbocycles. The molecule has 0 spiro atoms. The zero-order chi connectivity index (χ0) is 18.8. The van der Waals surface area contributed by atoms with Gasteiger partial charge in [0.15, 0.2) is 6.29 Å². The Balaban J connectivity index is 1.56. The first-order chi connectivity index (χ1) is 13.1. The summed E-state index contributed by atoms with van der Waals surface area (Å²) in [7, 11) is 0. The Morgan fingerprint density at radius 2 is 2.04 bits per heavy atom. The van der Waals surface area contributed by atoms with Crippen LogP contribution in [0.25, 0.3) is 16.6 Å². The molecule has 7 heteroatoms. The lowest BCUT2D eigenvalue weighted by Crippen LogP contribution is -2.26. The number of aromatic nitrogens is 3. The van der Waals surface area contributed by atoms with Crippen molar-refractivity contribution in [3.63, 3.8) is 0 Å². The zero-order valence-corrected chi connectivity index (χ0v) is 14.1. The minimum Gasteiger partial charge on any atom is -0.347 e. The second-order valence-electron chi connectivity index (χ2n) is 6.00. The van der Waals surface area contributed by atoms with Crippen LogP contribution in [0.1, 0.15) is 26.4 Å². The summed E-state index contributed by atoms with van der Waals surface area (Å²) in [6, 6.07) is 13.6. The van der Waals surface area contributed by atoms with Gasteiger partial charge in [-0.05, 0) is 35.9 Å². The third-order valence-electron chi connectivity index (χ3n) is 4.16. The molecule has 7 nitrogen and oxygen atoms in total. The van der Waals surface area contributed by atoms with Gasteiger partial charge in [-0.2, -0.15) is 0 Å². The molecular weight excluding hydrogens is 344 g/mol.